The van der Waals surface area contributed by atoms with Crippen molar-refractivity contribution in [3.63, 3.8) is 0 Å². The van der Waals surface area contributed by atoms with E-state index in [4.69, 9.17) is 0 Å². The van der Waals surface area contributed by atoms with Gasteiger partial charge in [0.1, 0.15) is 0 Å². The number of carbonyl (C=O) groups is 1. The standard InChI is InChI=1S/C19H18N2O2/c1-13-5-4-7-16(11-13)20-18(22)10-9-15-12-14-6-2-3-8-17(14)21-19(15)23/h2-8,11-12H,9-10H2,1H3,(H,20,22)(H,21,23). The van der Waals surface area contributed by atoms with Gasteiger partial charge in [-0.3, -0.25) is 9.59 Å². The zero-order chi connectivity index (χ0) is 16.2. The molecule has 2 N–H and O–H groups in total. The van der Waals surface area contributed by atoms with Gasteiger partial charge in [0.15, 0.2) is 0 Å². The molecule has 116 valence electrons. The largest absolute Gasteiger partial charge is 0.326 e. The van der Waals surface area contributed by atoms with E-state index in [1.165, 1.54) is 0 Å². The van der Waals surface area contributed by atoms with Crippen molar-refractivity contribution in [3.8, 4) is 0 Å². The number of aromatic amines is 1. The van der Waals surface area contributed by atoms with Crippen LogP contribution in [0.3, 0.4) is 0 Å². The van der Waals surface area contributed by atoms with E-state index in [0.717, 1.165) is 22.2 Å². The van der Waals surface area contributed by atoms with Crippen LogP contribution in [0.15, 0.2) is 59.4 Å². The molecule has 1 heterocycles. The van der Waals surface area contributed by atoms with Crippen LogP contribution in [0.4, 0.5) is 5.69 Å². The third-order valence-corrected chi connectivity index (χ3v) is 3.75. The van der Waals surface area contributed by atoms with Crippen LogP contribution in [0.5, 0.6) is 0 Å². The van der Waals surface area contributed by atoms with Crippen molar-refractivity contribution in [1.29, 1.82) is 0 Å². The first-order valence-electron chi connectivity index (χ1n) is 7.59. The average Bonchev–Trinajstić information content (AvgIpc) is 2.53. The van der Waals surface area contributed by atoms with Crippen LogP contribution in [0, 0.1) is 6.92 Å². The molecule has 0 fully saturated rings. The maximum Gasteiger partial charge on any atom is 0.251 e. The van der Waals surface area contributed by atoms with Crippen LogP contribution in [0.2, 0.25) is 0 Å². The van der Waals surface area contributed by atoms with Crippen molar-refractivity contribution in [3.05, 3.63) is 76.1 Å². The molecule has 4 heteroatoms. The molecule has 23 heavy (non-hydrogen) atoms. The summed E-state index contributed by atoms with van der Waals surface area (Å²) in [7, 11) is 0. The van der Waals surface area contributed by atoms with Crippen molar-refractivity contribution in [2.45, 2.75) is 19.8 Å². The summed E-state index contributed by atoms with van der Waals surface area (Å²) in [4.78, 5) is 27.0. The first-order chi connectivity index (χ1) is 11.1. The summed E-state index contributed by atoms with van der Waals surface area (Å²) in [6, 6.07) is 17.1. The first kappa shape index (κ1) is 15.0. The summed E-state index contributed by atoms with van der Waals surface area (Å²) in [5.74, 6) is -0.0943. The number of amides is 1. The van der Waals surface area contributed by atoms with Crippen molar-refractivity contribution in [2.24, 2.45) is 0 Å². The number of nitrogens with one attached hydrogen (secondary N) is 2. The number of fused-ring (bicyclic) bond motifs is 1. The van der Waals surface area contributed by atoms with E-state index in [1.54, 1.807) is 0 Å². The van der Waals surface area contributed by atoms with Crippen LogP contribution in [-0.2, 0) is 11.2 Å². The molecule has 0 aliphatic rings. The van der Waals surface area contributed by atoms with Gasteiger partial charge in [-0.25, -0.2) is 0 Å². The van der Waals surface area contributed by atoms with Gasteiger partial charge in [-0.15, -0.1) is 0 Å². The Morgan fingerprint density at radius 1 is 1.09 bits per heavy atom. The molecular formula is C19H18N2O2. The zero-order valence-electron chi connectivity index (χ0n) is 12.9. The summed E-state index contributed by atoms with van der Waals surface area (Å²) in [6.07, 6.45) is 0.688. The molecule has 1 amide bonds. The van der Waals surface area contributed by atoms with Crippen molar-refractivity contribution >= 4 is 22.5 Å². The third kappa shape index (κ3) is 3.66. The number of benzene rings is 2. The Morgan fingerprint density at radius 2 is 1.91 bits per heavy atom. The van der Waals surface area contributed by atoms with Gasteiger partial charge in [0.2, 0.25) is 5.91 Å². The molecule has 0 spiro atoms. The fraction of sp³-hybridized carbons (Fsp3) is 0.158. The molecule has 3 aromatic rings. The fourth-order valence-electron chi connectivity index (χ4n) is 2.57. The summed E-state index contributed by atoms with van der Waals surface area (Å²) < 4.78 is 0. The van der Waals surface area contributed by atoms with Crippen LogP contribution in [0.1, 0.15) is 17.5 Å². The van der Waals surface area contributed by atoms with Crippen LogP contribution >= 0.6 is 0 Å². The number of pyridine rings is 1. The minimum atomic E-state index is -0.132. The van der Waals surface area contributed by atoms with E-state index in [1.807, 2.05) is 61.5 Å². The lowest BCUT2D eigenvalue weighted by atomic mass is 10.1. The fourth-order valence-corrected chi connectivity index (χ4v) is 2.57. The zero-order valence-corrected chi connectivity index (χ0v) is 12.9. The maximum atomic E-state index is 12.1. The minimum Gasteiger partial charge on any atom is -0.326 e. The molecule has 1 aromatic heterocycles. The highest BCUT2D eigenvalue weighted by Crippen LogP contribution is 2.12. The molecular weight excluding hydrogens is 288 g/mol. The molecule has 0 saturated heterocycles. The lowest BCUT2D eigenvalue weighted by Gasteiger charge is -2.06. The number of H-pyrrole nitrogens is 1. The summed E-state index contributed by atoms with van der Waals surface area (Å²) >= 11 is 0. The van der Waals surface area contributed by atoms with Gasteiger partial charge < -0.3 is 10.3 Å². The van der Waals surface area contributed by atoms with Gasteiger partial charge >= 0.3 is 0 Å². The number of anilines is 1. The normalized spacial score (nSPS) is 10.7. The van der Waals surface area contributed by atoms with Gasteiger partial charge in [0, 0.05) is 23.2 Å². The van der Waals surface area contributed by atoms with Crippen molar-refractivity contribution in [2.75, 3.05) is 5.32 Å². The Hall–Kier alpha value is -2.88. The molecule has 0 aliphatic heterocycles. The first-order valence-corrected chi connectivity index (χ1v) is 7.59. The van der Waals surface area contributed by atoms with Crippen molar-refractivity contribution in [1.82, 2.24) is 4.98 Å². The molecule has 2 aromatic carbocycles. The van der Waals surface area contributed by atoms with Crippen LogP contribution in [0.25, 0.3) is 10.9 Å². The minimum absolute atomic E-state index is 0.0943. The Morgan fingerprint density at radius 3 is 2.74 bits per heavy atom. The molecule has 4 nitrogen and oxygen atoms in total. The van der Waals surface area contributed by atoms with Gasteiger partial charge in [-0.05, 0) is 48.6 Å². The molecule has 3 rings (SSSR count). The molecule has 0 atom stereocenters. The van der Waals surface area contributed by atoms with E-state index in [0.29, 0.717) is 12.0 Å². The number of para-hydroxylation sites is 1. The molecule has 0 unspecified atom stereocenters. The smallest absolute Gasteiger partial charge is 0.251 e. The van der Waals surface area contributed by atoms with E-state index < -0.39 is 0 Å². The topological polar surface area (TPSA) is 62.0 Å². The molecule has 0 bridgehead atoms. The highest BCUT2D eigenvalue weighted by molar-refractivity contribution is 5.91. The third-order valence-electron chi connectivity index (χ3n) is 3.75. The quantitative estimate of drug-likeness (QED) is 0.776. The molecule has 0 aliphatic carbocycles. The Bertz CT molecular complexity index is 912. The number of rotatable bonds is 4. The van der Waals surface area contributed by atoms with Crippen LogP contribution in [-0.4, -0.2) is 10.9 Å². The van der Waals surface area contributed by atoms with E-state index in [-0.39, 0.29) is 17.9 Å². The van der Waals surface area contributed by atoms with Gasteiger partial charge in [-0.2, -0.15) is 0 Å². The highest BCUT2D eigenvalue weighted by Gasteiger charge is 2.07. The van der Waals surface area contributed by atoms with E-state index in [2.05, 4.69) is 10.3 Å². The van der Waals surface area contributed by atoms with Crippen molar-refractivity contribution < 1.29 is 4.79 Å². The Labute approximate surface area is 134 Å². The lowest BCUT2D eigenvalue weighted by Crippen LogP contribution is -2.17. The van der Waals surface area contributed by atoms with E-state index >= 15 is 0 Å². The second-order valence-corrected chi connectivity index (χ2v) is 5.63. The predicted octanol–water partition coefficient (Wildman–Crippen LogP) is 3.41. The number of aromatic nitrogens is 1. The second kappa shape index (κ2) is 6.48. The summed E-state index contributed by atoms with van der Waals surface area (Å²) in [5, 5.41) is 3.83. The highest BCUT2D eigenvalue weighted by atomic mass is 16.1. The average molecular weight is 306 g/mol. The Balaban J connectivity index is 1.69. The number of hydrogen-bond acceptors (Lipinski definition) is 2. The second-order valence-electron chi connectivity index (χ2n) is 5.63. The van der Waals surface area contributed by atoms with Gasteiger partial charge in [0.05, 0.1) is 0 Å². The SMILES string of the molecule is Cc1cccc(NC(=O)CCc2cc3ccccc3[nH]c2=O)c1. The number of carbonyl (C=O) groups excluding carboxylic acids is 1. The van der Waals surface area contributed by atoms with Gasteiger partial charge in [-0.1, -0.05) is 30.3 Å². The number of hydrogen-bond donors (Lipinski definition) is 2. The predicted molar refractivity (Wildman–Crippen MR) is 92.7 cm³/mol. The molecule has 0 saturated carbocycles. The maximum absolute atomic E-state index is 12.1. The lowest BCUT2D eigenvalue weighted by molar-refractivity contribution is -0.116. The monoisotopic (exact) mass is 306 g/mol. The summed E-state index contributed by atoms with van der Waals surface area (Å²) in [6.45, 7) is 1.98. The Kier molecular flexibility index (Phi) is 4.24. The molecule has 0 radical (unpaired) electrons. The van der Waals surface area contributed by atoms with Gasteiger partial charge in [0.25, 0.3) is 5.56 Å². The van der Waals surface area contributed by atoms with E-state index in [9.17, 15) is 9.59 Å². The summed E-state index contributed by atoms with van der Waals surface area (Å²) in [5.41, 5.74) is 3.18. The van der Waals surface area contributed by atoms with Crippen LogP contribution < -0.4 is 10.9 Å². The number of aryl methyl sites for hydroxylation is 2.